The Bertz CT molecular complexity index is 1050. The fraction of sp³-hybridized carbons (Fsp3) is 0.333. The van der Waals surface area contributed by atoms with Crippen LogP contribution < -0.4 is 16.0 Å². The summed E-state index contributed by atoms with van der Waals surface area (Å²) in [5.41, 5.74) is 0.718. The summed E-state index contributed by atoms with van der Waals surface area (Å²) in [4.78, 5) is 51.6. The van der Waals surface area contributed by atoms with E-state index in [-0.39, 0.29) is 17.9 Å². The van der Waals surface area contributed by atoms with Crippen molar-refractivity contribution in [1.82, 2.24) is 15.5 Å². The van der Waals surface area contributed by atoms with Gasteiger partial charge in [-0.1, -0.05) is 55.3 Å². The van der Waals surface area contributed by atoms with Crippen molar-refractivity contribution < 1.29 is 19.2 Å². The molecule has 4 rings (SSSR count). The van der Waals surface area contributed by atoms with Crippen molar-refractivity contribution in [3.05, 3.63) is 65.7 Å². The highest BCUT2D eigenvalue weighted by Crippen LogP contribution is 2.35. The van der Waals surface area contributed by atoms with Crippen LogP contribution in [0.3, 0.4) is 0 Å². The molecule has 0 aromatic heterocycles. The first-order chi connectivity index (χ1) is 15.4. The molecule has 1 aliphatic carbocycles. The molecule has 2 aromatic carbocycles. The maximum atomic E-state index is 12.9. The highest BCUT2D eigenvalue weighted by atomic mass is 16.2. The normalized spacial score (nSPS) is 17.8. The Morgan fingerprint density at radius 1 is 1.03 bits per heavy atom. The summed E-state index contributed by atoms with van der Waals surface area (Å²) in [7, 11) is 0. The van der Waals surface area contributed by atoms with Gasteiger partial charge in [-0.05, 0) is 37.5 Å². The number of nitrogens with one attached hydrogen (secondary N) is 3. The highest BCUT2D eigenvalue weighted by Gasteiger charge is 2.52. The van der Waals surface area contributed by atoms with E-state index in [9.17, 15) is 19.2 Å². The summed E-state index contributed by atoms with van der Waals surface area (Å²) in [5, 5.41) is 8.36. The summed E-state index contributed by atoms with van der Waals surface area (Å²) in [5.74, 6) is -1.23. The number of carbonyl (C=O) groups excluding carboxylic acids is 4. The second kappa shape index (κ2) is 8.82. The second-order valence-electron chi connectivity index (χ2n) is 8.31. The zero-order valence-electron chi connectivity index (χ0n) is 17.9. The highest BCUT2D eigenvalue weighted by molar-refractivity contribution is 6.11. The molecule has 8 heteroatoms. The van der Waals surface area contributed by atoms with Crippen molar-refractivity contribution in [1.29, 1.82) is 0 Å². The van der Waals surface area contributed by atoms with Gasteiger partial charge in [-0.2, -0.15) is 0 Å². The molecule has 166 valence electrons. The van der Waals surface area contributed by atoms with Gasteiger partial charge in [0.1, 0.15) is 12.1 Å². The predicted molar refractivity (Wildman–Crippen MR) is 119 cm³/mol. The van der Waals surface area contributed by atoms with E-state index < -0.39 is 24.0 Å². The Balaban J connectivity index is 1.43. The van der Waals surface area contributed by atoms with E-state index in [1.165, 1.54) is 0 Å². The van der Waals surface area contributed by atoms with Crippen LogP contribution in [-0.4, -0.2) is 40.7 Å². The summed E-state index contributed by atoms with van der Waals surface area (Å²) < 4.78 is 0. The molecule has 1 saturated carbocycles. The van der Waals surface area contributed by atoms with E-state index >= 15 is 0 Å². The Morgan fingerprint density at radius 3 is 2.41 bits per heavy atom. The van der Waals surface area contributed by atoms with Gasteiger partial charge in [0, 0.05) is 0 Å². The Kier molecular flexibility index (Phi) is 5.94. The number of hydrogen-bond acceptors (Lipinski definition) is 4. The van der Waals surface area contributed by atoms with Crippen molar-refractivity contribution in [3.8, 4) is 0 Å². The molecule has 5 amide bonds. The monoisotopic (exact) mass is 434 g/mol. The van der Waals surface area contributed by atoms with Crippen molar-refractivity contribution in [2.75, 3.05) is 11.9 Å². The third-order valence-electron chi connectivity index (χ3n) is 6.10. The molecule has 3 N–H and O–H groups in total. The minimum atomic E-state index is -0.858. The van der Waals surface area contributed by atoms with Gasteiger partial charge in [-0.25, -0.2) is 4.79 Å². The van der Waals surface area contributed by atoms with E-state index in [0.29, 0.717) is 24.1 Å². The molecule has 2 aliphatic rings. The summed E-state index contributed by atoms with van der Waals surface area (Å²) in [6.45, 7) is 1.48. The lowest BCUT2D eigenvalue weighted by Gasteiger charge is -2.20. The van der Waals surface area contributed by atoms with E-state index in [2.05, 4.69) is 16.0 Å². The lowest BCUT2D eigenvalue weighted by molar-refractivity contribution is -0.133. The summed E-state index contributed by atoms with van der Waals surface area (Å²) >= 11 is 0. The van der Waals surface area contributed by atoms with E-state index in [0.717, 1.165) is 23.3 Å². The Labute approximate surface area is 186 Å². The molecule has 1 saturated heterocycles. The number of carbonyl (C=O) groups is 4. The van der Waals surface area contributed by atoms with Crippen LogP contribution in [0.4, 0.5) is 10.5 Å². The van der Waals surface area contributed by atoms with Crippen LogP contribution in [0.2, 0.25) is 0 Å². The van der Waals surface area contributed by atoms with Gasteiger partial charge in [-0.3, -0.25) is 19.3 Å². The van der Waals surface area contributed by atoms with Crippen LogP contribution in [0, 0.1) is 0 Å². The zero-order valence-corrected chi connectivity index (χ0v) is 17.9. The molecule has 0 radical (unpaired) electrons. The number of urea groups is 1. The van der Waals surface area contributed by atoms with Crippen LogP contribution in [-0.2, 0) is 9.59 Å². The lowest BCUT2D eigenvalue weighted by Crippen LogP contribution is -2.44. The molecule has 1 aliphatic heterocycles. The first-order valence-electron chi connectivity index (χ1n) is 10.8. The van der Waals surface area contributed by atoms with Crippen molar-refractivity contribution in [3.63, 3.8) is 0 Å². The third kappa shape index (κ3) is 4.21. The lowest BCUT2D eigenvalue weighted by atomic mass is 9.98. The van der Waals surface area contributed by atoms with E-state index in [1.807, 2.05) is 37.3 Å². The number of anilines is 1. The van der Waals surface area contributed by atoms with E-state index in [1.54, 1.807) is 24.3 Å². The molecule has 0 unspecified atom stereocenters. The smallest absolute Gasteiger partial charge is 0.325 e. The van der Waals surface area contributed by atoms with Gasteiger partial charge in [0.2, 0.25) is 5.91 Å². The predicted octanol–water partition coefficient (Wildman–Crippen LogP) is 2.98. The van der Waals surface area contributed by atoms with Crippen LogP contribution >= 0.6 is 0 Å². The number of benzene rings is 2. The number of para-hydroxylation sites is 1. The van der Waals surface area contributed by atoms with Crippen LogP contribution in [0.25, 0.3) is 0 Å². The second-order valence-corrected chi connectivity index (χ2v) is 8.31. The number of amides is 5. The van der Waals surface area contributed by atoms with E-state index in [4.69, 9.17) is 0 Å². The van der Waals surface area contributed by atoms with Gasteiger partial charge < -0.3 is 16.0 Å². The molecule has 1 atom stereocenters. The van der Waals surface area contributed by atoms with Crippen LogP contribution in [0.15, 0.2) is 54.6 Å². The standard InChI is InChI=1S/C24H26N4O4/c1-16(17-9-3-2-4-10-17)25-21(30)18-11-5-6-12-19(18)26-20(29)15-28-22(31)24(27-23(28)32)13-7-8-14-24/h2-6,9-12,16H,7-8,13-15H2,1H3,(H,25,30)(H,26,29)(H,27,32)/t16-/m1/s1. The minimum Gasteiger partial charge on any atom is -0.345 e. The van der Waals surface area contributed by atoms with Crippen molar-refractivity contribution in [2.45, 2.75) is 44.2 Å². The molecule has 1 spiro atoms. The van der Waals surface area contributed by atoms with Crippen molar-refractivity contribution >= 4 is 29.4 Å². The largest absolute Gasteiger partial charge is 0.345 e. The first kappa shape index (κ1) is 21.5. The molecular weight excluding hydrogens is 408 g/mol. The first-order valence-corrected chi connectivity index (χ1v) is 10.8. The van der Waals surface area contributed by atoms with Gasteiger partial charge in [-0.15, -0.1) is 0 Å². The molecule has 2 aromatic rings. The number of imide groups is 1. The fourth-order valence-electron chi connectivity index (χ4n) is 4.36. The van der Waals surface area contributed by atoms with Gasteiger partial charge in [0.05, 0.1) is 17.3 Å². The van der Waals surface area contributed by atoms with Gasteiger partial charge in [0.25, 0.3) is 11.8 Å². The summed E-state index contributed by atoms with van der Waals surface area (Å²) in [6.07, 6.45) is 2.93. The topological polar surface area (TPSA) is 108 Å². The summed E-state index contributed by atoms with van der Waals surface area (Å²) in [6, 6.07) is 15.4. The zero-order chi connectivity index (χ0) is 22.7. The average Bonchev–Trinajstić information content (AvgIpc) is 3.35. The molecule has 2 fully saturated rings. The van der Waals surface area contributed by atoms with Crippen molar-refractivity contribution in [2.24, 2.45) is 0 Å². The molecular formula is C24H26N4O4. The SMILES string of the molecule is C[C@@H](NC(=O)c1ccccc1NC(=O)CN1C(=O)NC2(CCCC2)C1=O)c1ccccc1. The molecule has 1 heterocycles. The maximum absolute atomic E-state index is 12.9. The maximum Gasteiger partial charge on any atom is 0.325 e. The molecule has 8 nitrogen and oxygen atoms in total. The number of hydrogen-bond donors (Lipinski definition) is 3. The Morgan fingerprint density at radius 2 is 1.69 bits per heavy atom. The average molecular weight is 434 g/mol. The van der Waals surface area contributed by atoms with Gasteiger partial charge >= 0.3 is 6.03 Å². The number of rotatable bonds is 6. The fourth-order valence-corrected chi connectivity index (χ4v) is 4.36. The Hall–Kier alpha value is -3.68. The van der Waals surface area contributed by atoms with Gasteiger partial charge in [0.15, 0.2) is 0 Å². The molecule has 32 heavy (non-hydrogen) atoms. The third-order valence-corrected chi connectivity index (χ3v) is 6.10. The van der Waals surface area contributed by atoms with Crippen LogP contribution in [0.5, 0.6) is 0 Å². The number of nitrogens with zero attached hydrogens (tertiary/aromatic N) is 1. The quantitative estimate of drug-likeness (QED) is 0.608. The van der Waals surface area contributed by atoms with Crippen LogP contribution in [0.1, 0.15) is 54.6 Å². The minimum absolute atomic E-state index is 0.221. The molecule has 0 bridgehead atoms.